The van der Waals surface area contributed by atoms with Crippen molar-refractivity contribution >= 4 is 22.4 Å². The van der Waals surface area contributed by atoms with Crippen LogP contribution in [0.2, 0.25) is 0 Å². The average molecular weight is 246 g/mol. The molecule has 96 valence electrons. The Morgan fingerprint density at radius 1 is 1.17 bits per heavy atom. The van der Waals surface area contributed by atoms with Crippen LogP contribution < -0.4 is 10.7 Å². The van der Waals surface area contributed by atoms with Gasteiger partial charge in [0.25, 0.3) is 0 Å². The smallest absolute Gasteiger partial charge is 0.295 e. The molecule has 0 unspecified atom stereocenters. The minimum Gasteiger partial charge on any atom is -0.295 e. The first-order valence-electron chi connectivity index (χ1n) is 5.83. The van der Waals surface area contributed by atoms with E-state index in [1.165, 1.54) is 0 Å². The molecule has 0 spiro atoms. The van der Waals surface area contributed by atoms with Gasteiger partial charge in [0.05, 0.1) is 16.7 Å². The van der Waals surface area contributed by atoms with Crippen molar-refractivity contribution in [3.05, 3.63) is 28.7 Å². The molecule has 0 N–H and O–H groups in total. The van der Waals surface area contributed by atoms with Crippen LogP contribution in [0.3, 0.4) is 0 Å². The molecule has 0 aliphatic carbocycles. The molecule has 5 nitrogen and oxygen atoms in total. The Morgan fingerprint density at radius 2 is 1.78 bits per heavy atom. The summed E-state index contributed by atoms with van der Waals surface area (Å²) in [5.74, 6) is 0. The highest BCUT2D eigenvalue weighted by Crippen LogP contribution is 2.20. The number of imidazole rings is 1. The normalized spacial score (nSPS) is 10.7. The summed E-state index contributed by atoms with van der Waals surface area (Å²) in [7, 11) is 5.46. The highest BCUT2D eigenvalue weighted by Gasteiger charge is 2.09. The van der Waals surface area contributed by atoms with Gasteiger partial charge in [-0.1, -0.05) is 0 Å². The number of benzene rings is 1. The van der Waals surface area contributed by atoms with Crippen LogP contribution in [0.5, 0.6) is 0 Å². The average Bonchev–Trinajstić information content (AvgIpc) is 2.53. The maximum absolute atomic E-state index is 11.8. The topological polar surface area (TPSA) is 42.5 Å². The third kappa shape index (κ3) is 1.92. The van der Waals surface area contributed by atoms with Crippen LogP contribution in [-0.2, 0) is 14.1 Å². The molecule has 0 atom stereocenters. The molecule has 0 radical (unpaired) electrons. The van der Waals surface area contributed by atoms with Gasteiger partial charge in [-0.05, 0) is 32.0 Å². The Balaban J connectivity index is 2.61. The van der Waals surface area contributed by atoms with E-state index in [9.17, 15) is 4.79 Å². The number of fused-ring (bicyclic) bond motifs is 1. The fourth-order valence-corrected chi connectivity index (χ4v) is 2.05. The number of hydrogen-bond donors (Lipinski definition) is 0. The summed E-state index contributed by atoms with van der Waals surface area (Å²) in [6, 6.07) is 5.89. The van der Waals surface area contributed by atoms with Gasteiger partial charge in [-0.15, -0.1) is 0 Å². The third-order valence-corrected chi connectivity index (χ3v) is 2.98. The molecule has 0 saturated heterocycles. The van der Waals surface area contributed by atoms with Crippen LogP contribution >= 0.6 is 0 Å². The molecule has 1 aromatic carbocycles. The van der Waals surface area contributed by atoms with Crippen molar-refractivity contribution in [2.24, 2.45) is 19.2 Å². The van der Waals surface area contributed by atoms with E-state index in [4.69, 9.17) is 0 Å². The van der Waals surface area contributed by atoms with E-state index >= 15 is 0 Å². The molecule has 0 aliphatic rings. The fraction of sp³-hybridized carbons (Fsp3) is 0.385. The molecule has 1 heterocycles. The molecular weight excluding hydrogens is 228 g/mol. The van der Waals surface area contributed by atoms with Crippen LogP contribution in [0.15, 0.2) is 28.1 Å². The van der Waals surface area contributed by atoms with Crippen molar-refractivity contribution in [3.63, 3.8) is 0 Å². The Labute approximate surface area is 106 Å². The molecule has 0 aliphatic heterocycles. The maximum Gasteiger partial charge on any atom is 0.328 e. The largest absolute Gasteiger partial charge is 0.328 e. The van der Waals surface area contributed by atoms with Gasteiger partial charge in [-0.2, -0.15) is 5.10 Å². The Morgan fingerprint density at radius 3 is 2.39 bits per heavy atom. The van der Waals surface area contributed by atoms with Gasteiger partial charge in [0, 0.05) is 26.9 Å². The Bertz CT molecular complexity index is 674. The van der Waals surface area contributed by atoms with E-state index in [-0.39, 0.29) is 5.69 Å². The molecular formula is C13H18N4O. The van der Waals surface area contributed by atoms with Crippen molar-refractivity contribution in [2.45, 2.75) is 13.8 Å². The van der Waals surface area contributed by atoms with Gasteiger partial charge in [-0.3, -0.25) is 14.1 Å². The van der Waals surface area contributed by atoms with Crippen LogP contribution in [0, 0.1) is 0 Å². The Kier molecular flexibility index (Phi) is 2.98. The summed E-state index contributed by atoms with van der Waals surface area (Å²) < 4.78 is 3.29. The lowest BCUT2D eigenvalue weighted by Crippen LogP contribution is -2.19. The van der Waals surface area contributed by atoms with Gasteiger partial charge in [-0.25, -0.2) is 4.79 Å². The van der Waals surface area contributed by atoms with Gasteiger partial charge >= 0.3 is 5.69 Å². The predicted octanol–water partition coefficient (Wildman–Crippen LogP) is 1.71. The first kappa shape index (κ1) is 12.4. The van der Waals surface area contributed by atoms with Gasteiger partial charge in [0.2, 0.25) is 0 Å². The van der Waals surface area contributed by atoms with Crippen LogP contribution in [0.4, 0.5) is 5.69 Å². The summed E-state index contributed by atoms with van der Waals surface area (Å²) in [6.07, 6.45) is 0. The quantitative estimate of drug-likeness (QED) is 0.598. The second-order valence-corrected chi connectivity index (χ2v) is 4.64. The monoisotopic (exact) mass is 246 g/mol. The van der Waals surface area contributed by atoms with E-state index < -0.39 is 0 Å². The summed E-state index contributed by atoms with van der Waals surface area (Å²) in [5, 5.41) is 6.18. The minimum atomic E-state index is -0.0139. The van der Waals surface area contributed by atoms with E-state index in [1.807, 2.05) is 44.1 Å². The van der Waals surface area contributed by atoms with Crippen LogP contribution in [0.25, 0.3) is 11.0 Å². The molecule has 0 saturated carbocycles. The number of nitrogens with zero attached hydrogens (tertiary/aromatic N) is 4. The SMILES string of the molecule is CC(C)=NN(C)c1ccc2c(c1)n(C)c(=O)n2C. The standard InChI is InChI=1S/C13H18N4O/c1-9(2)14-17(5)10-6-7-11-12(8-10)16(4)13(18)15(11)3/h6-8H,1-5H3. The number of aromatic nitrogens is 2. The maximum atomic E-state index is 11.8. The third-order valence-electron chi connectivity index (χ3n) is 2.98. The zero-order valence-electron chi connectivity index (χ0n) is 11.4. The van der Waals surface area contributed by atoms with Crippen molar-refractivity contribution in [1.82, 2.24) is 9.13 Å². The molecule has 0 bridgehead atoms. The second kappa shape index (κ2) is 4.33. The molecule has 1 aromatic heterocycles. The first-order chi connectivity index (χ1) is 8.41. The van der Waals surface area contributed by atoms with Crippen molar-refractivity contribution < 1.29 is 0 Å². The van der Waals surface area contributed by atoms with Crippen molar-refractivity contribution in [1.29, 1.82) is 0 Å². The zero-order valence-corrected chi connectivity index (χ0v) is 11.4. The fourth-order valence-electron chi connectivity index (χ4n) is 2.05. The van der Waals surface area contributed by atoms with E-state index in [1.54, 1.807) is 23.2 Å². The van der Waals surface area contributed by atoms with Gasteiger partial charge in [0.15, 0.2) is 0 Å². The van der Waals surface area contributed by atoms with Crippen LogP contribution in [-0.4, -0.2) is 21.9 Å². The minimum absolute atomic E-state index is 0.0139. The van der Waals surface area contributed by atoms with E-state index in [0.29, 0.717) is 0 Å². The second-order valence-electron chi connectivity index (χ2n) is 4.64. The Hall–Kier alpha value is -2.04. The lowest BCUT2D eigenvalue weighted by atomic mass is 10.2. The predicted molar refractivity (Wildman–Crippen MR) is 75.3 cm³/mol. The van der Waals surface area contributed by atoms with Crippen LogP contribution in [0.1, 0.15) is 13.8 Å². The number of aryl methyl sites for hydroxylation is 2. The summed E-state index contributed by atoms with van der Waals surface area (Å²) in [6.45, 7) is 3.90. The molecule has 0 fully saturated rings. The number of hydrogen-bond acceptors (Lipinski definition) is 3. The summed E-state index contributed by atoms with van der Waals surface area (Å²) in [4.78, 5) is 11.8. The molecule has 2 aromatic rings. The lowest BCUT2D eigenvalue weighted by Gasteiger charge is -2.14. The van der Waals surface area contributed by atoms with Crippen molar-refractivity contribution in [3.8, 4) is 0 Å². The highest BCUT2D eigenvalue weighted by atomic mass is 16.1. The highest BCUT2D eigenvalue weighted by molar-refractivity contribution is 5.82. The number of hydrazone groups is 1. The molecule has 2 rings (SSSR count). The summed E-state index contributed by atoms with van der Waals surface area (Å²) >= 11 is 0. The zero-order chi connectivity index (χ0) is 13.4. The summed E-state index contributed by atoms with van der Waals surface area (Å²) in [5.41, 5.74) is 3.78. The van der Waals surface area contributed by atoms with Gasteiger partial charge in [0.1, 0.15) is 0 Å². The van der Waals surface area contributed by atoms with E-state index in [0.717, 1.165) is 22.4 Å². The molecule has 18 heavy (non-hydrogen) atoms. The first-order valence-corrected chi connectivity index (χ1v) is 5.83. The lowest BCUT2D eigenvalue weighted by molar-refractivity contribution is 0.795. The number of anilines is 1. The molecule has 5 heteroatoms. The van der Waals surface area contributed by atoms with Gasteiger partial charge < -0.3 is 0 Å². The number of rotatable bonds is 2. The van der Waals surface area contributed by atoms with Crippen molar-refractivity contribution in [2.75, 3.05) is 12.1 Å². The molecule has 0 amide bonds. The van der Waals surface area contributed by atoms with E-state index in [2.05, 4.69) is 5.10 Å².